The van der Waals surface area contributed by atoms with Crippen LogP contribution in [0, 0.1) is 12.8 Å². The van der Waals surface area contributed by atoms with Gasteiger partial charge in [-0.2, -0.15) is 34.8 Å². The molecule has 1 atom stereocenters. The van der Waals surface area contributed by atoms with Crippen LogP contribution in [0.5, 0.6) is 0 Å². The molecule has 0 radical (unpaired) electrons. The molecule has 3 aromatic heterocycles. The van der Waals surface area contributed by atoms with Crippen molar-refractivity contribution >= 4 is 31.5 Å². The highest BCUT2D eigenvalue weighted by atomic mass is 35.5. The first-order chi connectivity index (χ1) is 16.2. The van der Waals surface area contributed by atoms with Gasteiger partial charge in [0, 0.05) is 30.8 Å². The van der Waals surface area contributed by atoms with Crippen LogP contribution in [0.25, 0.3) is 11.4 Å². The van der Waals surface area contributed by atoms with E-state index < -0.39 is 8.07 Å². The van der Waals surface area contributed by atoms with Gasteiger partial charge in [-0.15, -0.1) is 19.2 Å². The van der Waals surface area contributed by atoms with E-state index >= 15 is 0 Å². The Kier molecular flexibility index (Phi) is 7.39. The van der Waals surface area contributed by atoms with E-state index in [1.807, 2.05) is 13.0 Å². The fourth-order valence-corrected chi connectivity index (χ4v) is 4.69. The Bertz CT molecular complexity index is 1150. The van der Waals surface area contributed by atoms with Crippen molar-refractivity contribution < 1.29 is 9.53 Å². The normalized spacial score (nSPS) is 16.4. The number of aryl methyl sites for hydroxylation is 1. The van der Waals surface area contributed by atoms with Crippen LogP contribution < -0.4 is 4.90 Å². The number of rotatable bonds is 9. The fourth-order valence-electron chi connectivity index (χ4n) is 3.82. The first kappa shape index (κ1) is 24.4. The van der Waals surface area contributed by atoms with E-state index in [2.05, 4.69) is 39.9 Å². The Morgan fingerprint density at radius 1 is 1.18 bits per heavy atom. The smallest absolute Gasteiger partial charge is 0.233 e. The summed E-state index contributed by atoms with van der Waals surface area (Å²) < 4.78 is 7.64. The number of amides is 1. The lowest BCUT2D eigenvalue weighted by Gasteiger charge is -2.26. The molecule has 1 amide bonds. The van der Waals surface area contributed by atoms with Crippen LogP contribution in [0.4, 0.5) is 5.95 Å². The highest BCUT2D eigenvalue weighted by Crippen LogP contribution is 2.29. The lowest BCUT2D eigenvalue weighted by molar-refractivity contribution is -0.120. The van der Waals surface area contributed by atoms with E-state index in [1.54, 1.807) is 34.2 Å². The van der Waals surface area contributed by atoms with Crippen molar-refractivity contribution in [2.75, 3.05) is 18.1 Å². The predicted octanol–water partition coefficient (Wildman–Crippen LogP) is 4.00. The first-order valence-electron chi connectivity index (χ1n) is 11.4. The Balaban J connectivity index is 1.55. The Labute approximate surface area is 205 Å². The number of pyridine rings is 1. The SMILES string of the molecule is Cc1cnncc1-c1nc(N2CCC(Cc3ccc(Cl)nc3)C2=O)n(COCC[Si-](C)(C)C)n1. The summed E-state index contributed by atoms with van der Waals surface area (Å²) in [6.45, 7) is 10.3. The molecule has 3 aromatic rings. The molecule has 9 nitrogen and oxygen atoms in total. The van der Waals surface area contributed by atoms with Gasteiger partial charge in [0.25, 0.3) is 0 Å². The van der Waals surface area contributed by atoms with E-state index in [1.165, 1.54) is 0 Å². The van der Waals surface area contributed by atoms with Crippen molar-refractivity contribution in [1.29, 1.82) is 0 Å². The molecule has 1 saturated heterocycles. The number of aromatic nitrogens is 6. The quantitative estimate of drug-likeness (QED) is 0.249. The van der Waals surface area contributed by atoms with Crippen LogP contribution in [0.15, 0.2) is 30.7 Å². The summed E-state index contributed by atoms with van der Waals surface area (Å²) in [5.74, 6) is 0.894. The maximum Gasteiger partial charge on any atom is 0.233 e. The summed E-state index contributed by atoms with van der Waals surface area (Å²) in [4.78, 5) is 23.9. The molecule has 0 bridgehead atoms. The summed E-state index contributed by atoms with van der Waals surface area (Å²) in [5.41, 5.74) is 2.69. The van der Waals surface area contributed by atoms with Gasteiger partial charge in [-0.1, -0.05) is 17.7 Å². The molecule has 1 unspecified atom stereocenters. The number of nitrogens with zero attached hydrogens (tertiary/aromatic N) is 7. The summed E-state index contributed by atoms with van der Waals surface area (Å²) in [6.07, 6.45) is 6.39. The van der Waals surface area contributed by atoms with Crippen molar-refractivity contribution in [3.63, 3.8) is 0 Å². The minimum atomic E-state index is -1.21. The second-order valence-electron chi connectivity index (χ2n) is 9.84. The van der Waals surface area contributed by atoms with Crippen LogP contribution in [-0.4, -0.2) is 57.1 Å². The molecular weight excluding hydrogens is 470 g/mol. The lowest BCUT2D eigenvalue weighted by Crippen LogP contribution is -2.31. The third-order valence-electron chi connectivity index (χ3n) is 5.86. The molecule has 0 aliphatic carbocycles. The Morgan fingerprint density at radius 2 is 1.97 bits per heavy atom. The minimum absolute atomic E-state index is 0.0295. The van der Waals surface area contributed by atoms with Crippen LogP contribution >= 0.6 is 11.6 Å². The third kappa shape index (κ3) is 5.86. The molecule has 4 rings (SSSR count). The zero-order valence-electron chi connectivity index (χ0n) is 20.0. The molecule has 1 aliphatic rings. The predicted molar refractivity (Wildman–Crippen MR) is 133 cm³/mol. The minimum Gasteiger partial charge on any atom is -0.362 e. The summed E-state index contributed by atoms with van der Waals surface area (Å²) >= 11 is 5.90. The number of hydrogen-bond acceptors (Lipinski definition) is 7. The van der Waals surface area contributed by atoms with Crippen LogP contribution in [0.3, 0.4) is 0 Å². The first-order valence-corrected chi connectivity index (χ1v) is 15.5. The second-order valence-corrected chi connectivity index (χ2v) is 15.8. The van der Waals surface area contributed by atoms with Gasteiger partial charge in [-0.25, -0.2) is 9.67 Å². The van der Waals surface area contributed by atoms with Gasteiger partial charge in [-0.3, -0.25) is 9.69 Å². The Hall–Kier alpha value is -2.69. The molecule has 11 heteroatoms. The number of halogens is 1. The van der Waals surface area contributed by atoms with Crippen LogP contribution in [0.1, 0.15) is 17.5 Å². The molecule has 0 N–H and O–H groups in total. The van der Waals surface area contributed by atoms with E-state index in [0.717, 1.165) is 29.2 Å². The molecule has 0 saturated carbocycles. The van der Waals surface area contributed by atoms with Crippen molar-refractivity contribution in [2.24, 2.45) is 5.92 Å². The largest absolute Gasteiger partial charge is 0.362 e. The number of carbonyl (C=O) groups is 1. The van der Waals surface area contributed by atoms with Gasteiger partial charge in [0.05, 0.1) is 12.4 Å². The molecule has 34 heavy (non-hydrogen) atoms. The number of carbonyl (C=O) groups excluding carboxylic acids is 1. The van der Waals surface area contributed by atoms with Crippen molar-refractivity contribution in [2.45, 2.75) is 52.2 Å². The van der Waals surface area contributed by atoms with Gasteiger partial charge < -0.3 is 4.74 Å². The standard InChI is InChI=1S/C23H30ClN7O2Si/c1-16-12-26-27-14-19(16)21-28-23(31(29-21)15-33-9-10-34(2,3)4)30-8-7-18(22(30)32)11-17-5-6-20(24)25-13-17/h5-6,12-14,18H,7-11,15H2,1-4H3/q-1. The Morgan fingerprint density at radius 3 is 2.68 bits per heavy atom. The molecular formula is C23H30ClN7O2Si-. The van der Waals surface area contributed by atoms with Gasteiger partial charge in [0.15, 0.2) is 5.82 Å². The summed E-state index contributed by atoms with van der Waals surface area (Å²) in [5, 5.41) is 13.0. The van der Waals surface area contributed by atoms with Crippen LogP contribution in [0.2, 0.25) is 30.8 Å². The molecule has 1 aliphatic heterocycles. The van der Waals surface area contributed by atoms with Gasteiger partial charge in [0.2, 0.25) is 11.9 Å². The maximum atomic E-state index is 13.3. The topological polar surface area (TPSA) is 98.9 Å². The fraction of sp³-hybridized carbons (Fsp3) is 0.478. The van der Waals surface area contributed by atoms with Gasteiger partial charge >= 0.3 is 0 Å². The third-order valence-corrected chi connectivity index (χ3v) is 7.79. The zero-order valence-corrected chi connectivity index (χ0v) is 21.8. The zero-order chi connectivity index (χ0) is 24.3. The molecule has 0 spiro atoms. The molecule has 181 valence electrons. The van der Waals surface area contributed by atoms with Crippen molar-refractivity contribution in [3.8, 4) is 11.4 Å². The lowest BCUT2D eigenvalue weighted by atomic mass is 9.99. The maximum absolute atomic E-state index is 13.3. The average molecular weight is 500 g/mol. The van der Waals surface area contributed by atoms with Crippen LogP contribution in [-0.2, 0) is 22.7 Å². The number of anilines is 1. The molecule has 4 heterocycles. The monoisotopic (exact) mass is 499 g/mol. The van der Waals surface area contributed by atoms with Gasteiger partial charge in [-0.05, 0) is 37.0 Å². The highest BCUT2D eigenvalue weighted by Gasteiger charge is 2.35. The second kappa shape index (κ2) is 10.3. The van der Waals surface area contributed by atoms with Crippen molar-refractivity contribution in [3.05, 3.63) is 47.0 Å². The van der Waals surface area contributed by atoms with Crippen molar-refractivity contribution in [1.82, 2.24) is 29.9 Å². The van der Waals surface area contributed by atoms with E-state index in [4.69, 9.17) is 21.3 Å². The average Bonchev–Trinajstić information content (AvgIpc) is 3.36. The molecule has 0 aromatic carbocycles. The van der Waals surface area contributed by atoms with E-state index in [-0.39, 0.29) is 18.6 Å². The van der Waals surface area contributed by atoms with E-state index in [0.29, 0.717) is 36.5 Å². The van der Waals surface area contributed by atoms with Gasteiger partial charge in [0.1, 0.15) is 11.9 Å². The highest BCUT2D eigenvalue weighted by molar-refractivity contribution is 6.76. The van der Waals surface area contributed by atoms with E-state index in [9.17, 15) is 4.79 Å². The summed E-state index contributed by atoms with van der Waals surface area (Å²) in [6, 6.07) is 4.72. The number of hydrogen-bond donors (Lipinski definition) is 0. The summed E-state index contributed by atoms with van der Waals surface area (Å²) in [7, 11) is -1.21. The number of ether oxygens (including phenoxy) is 1. The molecule has 1 fully saturated rings.